The first kappa shape index (κ1) is 13.6. The highest BCUT2D eigenvalue weighted by Gasteiger charge is 2.44. The molecule has 0 aliphatic carbocycles. The molecule has 1 aromatic carbocycles. The molecule has 1 aliphatic rings. The number of benzene rings is 1. The van der Waals surface area contributed by atoms with Gasteiger partial charge in [-0.15, -0.1) is 0 Å². The number of aliphatic hydroxyl groups excluding tert-OH is 1. The molecule has 106 valence electrons. The van der Waals surface area contributed by atoms with E-state index < -0.39 is 11.7 Å². The Labute approximate surface area is 123 Å². The Hall–Kier alpha value is -2.38. The number of fused-ring (bicyclic) bond motifs is 1. The van der Waals surface area contributed by atoms with Gasteiger partial charge in [-0.3, -0.25) is 4.98 Å². The van der Waals surface area contributed by atoms with Crippen LogP contribution in [0.4, 0.5) is 0 Å². The molecule has 4 heteroatoms. The third kappa shape index (κ3) is 2.26. The molecule has 0 fully saturated rings. The lowest BCUT2D eigenvalue weighted by molar-refractivity contribution is -0.0518. The summed E-state index contributed by atoms with van der Waals surface area (Å²) < 4.78 is 5.90. The van der Waals surface area contributed by atoms with Gasteiger partial charge in [-0.2, -0.15) is 5.26 Å². The monoisotopic (exact) mass is 280 g/mol. The molecule has 21 heavy (non-hydrogen) atoms. The topological polar surface area (TPSA) is 66.1 Å². The number of aliphatic hydroxyl groups is 1. The van der Waals surface area contributed by atoms with Crippen LogP contribution in [0.25, 0.3) is 0 Å². The molecule has 1 N–H and O–H groups in total. The van der Waals surface area contributed by atoms with Crippen LogP contribution in [0.1, 0.15) is 36.6 Å². The van der Waals surface area contributed by atoms with Crippen LogP contribution in [0.15, 0.2) is 42.6 Å². The van der Waals surface area contributed by atoms with Crippen molar-refractivity contribution in [2.75, 3.05) is 0 Å². The van der Waals surface area contributed by atoms with Crippen LogP contribution in [0.3, 0.4) is 0 Å². The Morgan fingerprint density at radius 3 is 2.76 bits per heavy atom. The minimum absolute atomic E-state index is 0.307. The van der Waals surface area contributed by atoms with Crippen LogP contribution in [0, 0.1) is 11.3 Å². The van der Waals surface area contributed by atoms with Gasteiger partial charge < -0.3 is 9.84 Å². The zero-order valence-electron chi connectivity index (χ0n) is 11.9. The predicted octanol–water partition coefficient (Wildman–Crippen LogP) is 2.62. The van der Waals surface area contributed by atoms with Crippen LogP contribution in [-0.2, 0) is 0 Å². The van der Waals surface area contributed by atoms with Crippen LogP contribution in [0.5, 0.6) is 5.75 Å². The van der Waals surface area contributed by atoms with Gasteiger partial charge in [0, 0.05) is 11.8 Å². The van der Waals surface area contributed by atoms with Gasteiger partial charge in [-0.1, -0.05) is 6.07 Å². The smallest absolute Gasteiger partial charge is 0.130 e. The van der Waals surface area contributed by atoms with Gasteiger partial charge in [0.25, 0.3) is 0 Å². The Bertz CT molecular complexity index is 704. The molecule has 0 bridgehead atoms. The normalized spacial score (nSPS) is 22.8. The minimum atomic E-state index is -0.742. The molecule has 0 amide bonds. The van der Waals surface area contributed by atoms with Crippen molar-refractivity contribution < 1.29 is 9.84 Å². The number of nitrogens with zero attached hydrogens (tertiary/aromatic N) is 2. The molecule has 1 aliphatic heterocycles. The summed E-state index contributed by atoms with van der Waals surface area (Å²) in [5, 5.41) is 19.8. The first-order valence-corrected chi connectivity index (χ1v) is 6.85. The van der Waals surface area contributed by atoms with E-state index >= 15 is 0 Å². The maximum atomic E-state index is 10.7. The predicted molar refractivity (Wildman–Crippen MR) is 78.0 cm³/mol. The fraction of sp³-hybridized carbons (Fsp3) is 0.294. The second-order valence-corrected chi connectivity index (χ2v) is 5.75. The van der Waals surface area contributed by atoms with E-state index in [9.17, 15) is 5.11 Å². The average Bonchev–Trinajstić information content (AvgIpc) is 2.49. The van der Waals surface area contributed by atoms with E-state index in [0.29, 0.717) is 11.3 Å². The first-order valence-electron chi connectivity index (χ1n) is 6.85. The van der Waals surface area contributed by atoms with Gasteiger partial charge in [0.05, 0.1) is 23.2 Å². The van der Waals surface area contributed by atoms with E-state index in [1.807, 2.05) is 32.0 Å². The highest BCUT2D eigenvalue weighted by Crippen LogP contribution is 2.44. The van der Waals surface area contributed by atoms with Crippen molar-refractivity contribution in [3.8, 4) is 11.8 Å². The van der Waals surface area contributed by atoms with Crippen LogP contribution >= 0.6 is 0 Å². The number of pyridine rings is 1. The Kier molecular flexibility index (Phi) is 3.15. The summed E-state index contributed by atoms with van der Waals surface area (Å²) >= 11 is 0. The molecular weight excluding hydrogens is 264 g/mol. The summed E-state index contributed by atoms with van der Waals surface area (Å²) in [7, 11) is 0. The van der Waals surface area contributed by atoms with Crippen molar-refractivity contribution >= 4 is 0 Å². The summed E-state index contributed by atoms with van der Waals surface area (Å²) in [6.07, 6.45) is 0.965. The molecular formula is C17H16N2O2. The first-order chi connectivity index (χ1) is 10.0. The highest BCUT2D eigenvalue weighted by atomic mass is 16.5. The van der Waals surface area contributed by atoms with Crippen molar-refractivity contribution in [1.82, 2.24) is 4.98 Å². The summed E-state index contributed by atoms with van der Waals surface area (Å²) in [5.41, 5.74) is 1.41. The lowest BCUT2D eigenvalue weighted by atomic mass is 9.79. The fourth-order valence-electron chi connectivity index (χ4n) is 2.75. The van der Waals surface area contributed by atoms with Gasteiger partial charge >= 0.3 is 0 Å². The zero-order chi connectivity index (χ0) is 15.0. The third-order valence-electron chi connectivity index (χ3n) is 3.88. The molecule has 4 nitrogen and oxygen atoms in total. The quantitative estimate of drug-likeness (QED) is 0.872. The van der Waals surface area contributed by atoms with Crippen LogP contribution < -0.4 is 4.74 Å². The molecule has 2 heterocycles. The Balaban J connectivity index is 2.20. The molecule has 0 spiro atoms. The van der Waals surface area contributed by atoms with E-state index in [0.717, 1.165) is 11.3 Å². The SMILES string of the molecule is CC1(C)Oc2ccc(C#N)cc2[C@@H](c2ccccn2)[C@H]1O. The standard InChI is InChI=1S/C17H16N2O2/c1-17(2)16(20)15(13-5-3-4-8-19-13)12-9-11(10-18)6-7-14(12)21-17/h3-9,15-16,20H,1-2H3/t15-,16+/m0/s1. The number of hydrogen-bond acceptors (Lipinski definition) is 4. The van der Waals surface area contributed by atoms with E-state index in [-0.39, 0.29) is 5.92 Å². The summed E-state index contributed by atoms with van der Waals surface area (Å²) in [6.45, 7) is 3.71. The van der Waals surface area contributed by atoms with E-state index in [4.69, 9.17) is 10.00 Å². The Morgan fingerprint density at radius 1 is 1.29 bits per heavy atom. The van der Waals surface area contributed by atoms with Crippen molar-refractivity contribution in [1.29, 1.82) is 5.26 Å². The fourth-order valence-corrected chi connectivity index (χ4v) is 2.75. The molecule has 0 radical (unpaired) electrons. The van der Waals surface area contributed by atoms with Crippen molar-refractivity contribution in [2.45, 2.75) is 31.5 Å². The summed E-state index contributed by atoms with van der Waals surface area (Å²) in [4.78, 5) is 4.37. The molecule has 0 saturated heterocycles. The molecule has 0 unspecified atom stereocenters. The number of hydrogen-bond donors (Lipinski definition) is 1. The molecule has 3 rings (SSSR count). The van der Waals surface area contributed by atoms with Crippen LogP contribution in [0.2, 0.25) is 0 Å². The molecule has 1 aromatic heterocycles. The highest BCUT2D eigenvalue weighted by molar-refractivity contribution is 5.49. The van der Waals surface area contributed by atoms with E-state index in [1.54, 1.807) is 24.4 Å². The van der Waals surface area contributed by atoms with Crippen molar-refractivity contribution in [3.63, 3.8) is 0 Å². The zero-order valence-corrected chi connectivity index (χ0v) is 11.9. The number of ether oxygens (including phenoxy) is 1. The van der Waals surface area contributed by atoms with Crippen molar-refractivity contribution in [2.24, 2.45) is 0 Å². The van der Waals surface area contributed by atoms with E-state index in [1.165, 1.54) is 0 Å². The number of nitriles is 1. The molecule has 2 aromatic rings. The van der Waals surface area contributed by atoms with Gasteiger partial charge in [0.2, 0.25) is 0 Å². The number of rotatable bonds is 1. The number of aromatic nitrogens is 1. The van der Waals surface area contributed by atoms with Gasteiger partial charge in [-0.25, -0.2) is 0 Å². The van der Waals surface area contributed by atoms with Crippen molar-refractivity contribution in [3.05, 3.63) is 59.4 Å². The van der Waals surface area contributed by atoms with Gasteiger partial charge in [-0.05, 0) is 44.2 Å². The Morgan fingerprint density at radius 2 is 2.10 bits per heavy atom. The molecule has 0 saturated carbocycles. The van der Waals surface area contributed by atoms with Gasteiger partial charge in [0.1, 0.15) is 17.5 Å². The van der Waals surface area contributed by atoms with Gasteiger partial charge in [0.15, 0.2) is 0 Å². The second-order valence-electron chi connectivity index (χ2n) is 5.75. The maximum Gasteiger partial charge on any atom is 0.130 e. The molecule has 2 atom stereocenters. The third-order valence-corrected chi connectivity index (χ3v) is 3.88. The maximum absolute atomic E-state index is 10.7. The second kappa shape index (κ2) is 4.87. The lowest BCUT2D eigenvalue weighted by Crippen LogP contribution is -2.49. The van der Waals surface area contributed by atoms with E-state index in [2.05, 4.69) is 11.1 Å². The minimum Gasteiger partial charge on any atom is -0.485 e. The van der Waals surface area contributed by atoms with Crippen LogP contribution in [-0.4, -0.2) is 21.8 Å². The average molecular weight is 280 g/mol. The lowest BCUT2D eigenvalue weighted by Gasteiger charge is -2.42. The largest absolute Gasteiger partial charge is 0.485 e. The summed E-state index contributed by atoms with van der Waals surface area (Å²) in [6, 6.07) is 13.0. The summed E-state index contributed by atoms with van der Waals surface area (Å²) in [5.74, 6) is 0.387.